The van der Waals surface area contributed by atoms with Gasteiger partial charge in [0.1, 0.15) is 6.61 Å². The van der Waals surface area contributed by atoms with Crippen LogP contribution in [0.3, 0.4) is 0 Å². The fourth-order valence-corrected chi connectivity index (χ4v) is 3.50. The minimum absolute atomic E-state index is 0.192. The Morgan fingerprint density at radius 3 is 2.88 bits per heavy atom. The van der Waals surface area contributed by atoms with E-state index in [1.165, 1.54) is 0 Å². The molecule has 3 heterocycles. The van der Waals surface area contributed by atoms with Gasteiger partial charge in [-0.3, -0.25) is 9.80 Å². The van der Waals surface area contributed by atoms with Crippen LogP contribution in [0.15, 0.2) is 34.9 Å². The number of ether oxygens (including phenoxy) is 1. The average molecular weight is 328 g/mol. The number of carbonyl (C=O) groups excluding carboxylic acids is 1. The maximum atomic E-state index is 11.8. The Balaban J connectivity index is 1.47. The molecule has 0 saturated carbocycles. The molecule has 0 N–H and O–H groups in total. The molecule has 1 unspecified atom stereocenters. The normalized spacial score (nSPS) is 24.0. The van der Waals surface area contributed by atoms with Crippen molar-refractivity contribution in [2.45, 2.75) is 25.4 Å². The van der Waals surface area contributed by atoms with Crippen molar-refractivity contribution in [3.05, 3.63) is 36.2 Å². The fourth-order valence-electron chi connectivity index (χ4n) is 3.50. The number of amides is 1. The van der Waals surface area contributed by atoms with Crippen LogP contribution < -0.4 is 0 Å². The van der Waals surface area contributed by atoms with Crippen LogP contribution in [0.25, 0.3) is 11.5 Å². The maximum Gasteiger partial charge on any atom is 0.410 e. The van der Waals surface area contributed by atoms with Crippen molar-refractivity contribution >= 4 is 6.09 Å². The molecule has 24 heavy (non-hydrogen) atoms. The van der Waals surface area contributed by atoms with E-state index < -0.39 is 0 Å². The third-order valence-electron chi connectivity index (χ3n) is 4.93. The van der Waals surface area contributed by atoms with E-state index in [9.17, 15) is 4.79 Å². The minimum atomic E-state index is -0.221. The van der Waals surface area contributed by atoms with Crippen molar-refractivity contribution in [3.8, 4) is 11.5 Å². The number of aromatic nitrogens is 2. The lowest BCUT2D eigenvalue weighted by Crippen LogP contribution is -2.60. The SMILES string of the molecule is CCC12COC(=O)N1CCN(Cc1noc(-c3ccccc3)n1)C2. The molecule has 0 aliphatic carbocycles. The average Bonchev–Trinajstić information content (AvgIpc) is 3.21. The first kappa shape index (κ1) is 15.1. The Morgan fingerprint density at radius 2 is 2.08 bits per heavy atom. The second kappa shape index (κ2) is 5.90. The third-order valence-corrected chi connectivity index (χ3v) is 4.93. The first-order valence-corrected chi connectivity index (χ1v) is 8.25. The van der Waals surface area contributed by atoms with Crippen molar-refractivity contribution in [2.24, 2.45) is 0 Å². The molecule has 4 rings (SSSR count). The molecule has 7 heteroatoms. The van der Waals surface area contributed by atoms with E-state index in [0.717, 1.165) is 25.1 Å². The highest BCUT2D eigenvalue weighted by Crippen LogP contribution is 2.32. The van der Waals surface area contributed by atoms with E-state index in [-0.39, 0.29) is 11.6 Å². The van der Waals surface area contributed by atoms with Gasteiger partial charge in [0.2, 0.25) is 0 Å². The van der Waals surface area contributed by atoms with Gasteiger partial charge in [0.25, 0.3) is 5.89 Å². The number of piperazine rings is 1. The van der Waals surface area contributed by atoms with Crippen molar-refractivity contribution in [1.29, 1.82) is 0 Å². The Bertz CT molecular complexity index is 732. The molecule has 2 aliphatic rings. The lowest BCUT2D eigenvalue weighted by Gasteiger charge is -2.43. The van der Waals surface area contributed by atoms with Gasteiger partial charge in [-0.05, 0) is 18.6 Å². The molecule has 0 bridgehead atoms. The summed E-state index contributed by atoms with van der Waals surface area (Å²) < 4.78 is 10.6. The van der Waals surface area contributed by atoms with Crippen molar-refractivity contribution in [1.82, 2.24) is 19.9 Å². The number of rotatable bonds is 4. The van der Waals surface area contributed by atoms with E-state index in [1.807, 2.05) is 35.2 Å². The van der Waals surface area contributed by atoms with Gasteiger partial charge in [0, 0.05) is 25.2 Å². The van der Waals surface area contributed by atoms with Gasteiger partial charge < -0.3 is 9.26 Å². The topological polar surface area (TPSA) is 71.7 Å². The van der Waals surface area contributed by atoms with E-state index in [0.29, 0.717) is 31.4 Å². The summed E-state index contributed by atoms with van der Waals surface area (Å²) in [5, 5.41) is 4.10. The summed E-state index contributed by atoms with van der Waals surface area (Å²) in [5.74, 6) is 1.20. The predicted molar refractivity (Wildman–Crippen MR) is 86.1 cm³/mol. The number of nitrogens with zero attached hydrogens (tertiary/aromatic N) is 4. The highest BCUT2D eigenvalue weighted by Gasteiger charge is 2.49. The molecule has 0 spiro atoms. The van der Waals surface area contributed by atoms with Crippen LogP contribution in [0, 0.1) is 0 Å². The van der Waals surface area contributed by atoms with Crippen LogP contribution in [-0.4, -0.2) is 57.8 Å². The zero-order valence-corrected chi connectivity index (χ0v) is 13.6. The smallest absolute Gasteiger partial charge is 0.410 e. The molecule has 2 aliphatic heterocycles. The Kier molecular flexibility index (Phi) is 3.72. The standard InChI is InChI=1S/C17H20N4O3/c1-2-17-11-20(8-9-21(17)16(22)23-12-17)10-14-18-15(24-19-14)13-6-4-3-5-7-13/h3-7H,2,8-12H2,1H3. The highest BCUT2D eigenvalue weighted by molar-refractivity contribution is 5.71. The van der Waals surface area contributed by atoms with Crippen molar-refractivity contribution in [3.63, 3.8) is 0 Å². The van der Waals surface area contributed by atoms with Crippen molar-refractivity contribution < 1.29 is 14.1 Å². The maximum absolute atomic E-state index is 11.8. The van der Waals surface area contributed by atoms with Crippen LogP contribution >= 0.6 is 0 Å². The third kappa shape index (κ3) is 2.54. The molecule has 1 aromatic heterocycles. The molecule has 0 radical (unpaired) electrons. The number of hydrogen-bond acceptors (Lipinski definition) is 6. The summed E-state index contributed by atoms with van der Waals surface area (Å²) in [6, 6.07) is 9.74. The number of hydrogen-bond donors (Lipinski definition) is 0. The van der Waals surface area contributed by atoms with Gasteiger partial charge in [0.05, 0.1) is 12.1 Å². The van der Waals surface area contributed by atoms with Gasteiger partial charge in [-0.15, -0.1) is 0 Å². The molecule has 126 valence electrons. The van der Waals surface area contributed by atoms with Gasteiger partial charge in [0.15, 0.2) is 5.82 Å². The number of fused-ring (bicyclic) bond motifs is 1. The Morgan fingerprint density at radius 1 is 1.25 bits per heavy atom. The van der Waals surface area contributed by atoms with Crippen LogP contribution in [0.4, 0.5) is 4.79 Å². The van der Waals surface area contributed by atoms with E-state index >= 15 is 0 Å². The quantitative estimate of drug-likeness (QED) is 0.856. The molecular weight excluding hydrogens is 308 g/mol. The highest BCUT2D eigenvalue weighted by atomic mass is 16.6. The summed E-state index contributed by atoms with van der Waals surface area (Å²) in [6.07, 6.45) is 0.680. The van der Waals surface area contributed by atoms with Gasteiger partial charge in [-0.25, -0.2) is 4.79 Å². The molecule has 7 nitrogen and oxygen atoms in total. The largest absolute Gasteiger partial charge is 0.447 e. The van der Waals surface area contributed by atoms with Gasteiger partial charge in [-0.2, -0.15) is 4.98 Å². The van der Waals surface area contributed by atoms with Gasteiger partial charge in [-0.1, -0.05) is 30.3 Å². The van der Waals surface area contributed by atoms with Crippen LogP contribution in [0.5, 0.6) is 0 Å². The Labute approximate surface area is 140 Å². The van der Waals surface area contributed by atoms with Crippen molar-refractivity contribution in [2.75, 3.05) is 26.2 Å². The first-order valence-electron chi connectivity index (χ1n) is 8.25. The molecule has 2 aromatic rings. The van der Waals surface area contributed by atoms with Crippen LogP contribution in [0.2, 0.25) is 0 Å². The molecule has 1 atom stereocenters. The number of benzene rings is 1. The van der Waals surface area contributed by atoms with E-state index in [2.05, 4.69) is 22.0 Å². The monoisotopic (exact) mass is 328 g/mol. The zero-order valence-electron chi connectivity index (χ0n) is 13.6. The number of carbonyl (C=O) groups is 1. The molecule has 2 saturated heterocycles. The summed E-state index contributed by atoms with van der Waals surface area (Å²) in [5.41, 5.74) is 0.697. The lowest BCUT2D eigenvalue weighted by molar-refractivity contribution is 0.0433. The van der Waals surface area contributed by atoms with Gasteiger partial charge >= 0.3 is 6.09 Å². The predicted octanol–water partition coefficient (Wildman–Crippen LogP) is 2.15. The Hall–Kier alpha value is -2.41. The van der Waals surface area contributed by atoms with E-state index in [4.69, 9.17) is 9.26 Å². The molecule has 1 aromatic carbocycles. The first-order chi connectivity index (χ1) is 11.7. The second-order valence-corrected chi connectivity index (χ2v) is 6.38. The molecular formula is C17H20N4O3. The minimum Gasteiger partial charge on any atom is -0.447 e. The molecule has 2 fully saturated rings. The second-order valence-electron chi connectivity index (χ2n) is 6.38. The van der Waals surface area contributed by atoms with Crippen LogP contribution in [-0.2, 0) is 11.3 Å². The zero-order chi connectivity index (χ0) is 16.6. The number of cyclic esters (lactones) is 1. The van der Waals surface area contributed by atoms with E-state index in [1.54, 1.807) is 0 Å². The summed E-state index contributed by atoms with van der Waals surface area (Å²) in [7, 11) is 0. The summed E-state index contributed by atoms with van der Waals surface area (Å²) in [6.45, 7) is 5.40. The summed E-state index contributed by atoms with van der Waals surface area (Å²) >= 11 is 0. The molecule has 1 amide bonds. The fraction of sp³-hybridized carbons (Fsp3) is 0.471. The lowest BCUT2D eigenvalue weighted by atomic mass is 9.93. The summed E-state index contributed by atoms with van der Waals surface area (Å²) in [4.78, 5) is 20.5. The van der Waals surface area contributed by atoms with Crippen LogP contribution in [0.1, 0.15) is 19.2 Å².